The highest BCUT2D eigenvalue weighted by atomic mass is 15.1. The summed E-state index contributed by atoms with van der Waals surface area (Å²) in [6, 6.07) is 72.1. The van der Waals surface area contributed by atoms with Crippen LogP contribution in [0.1, 0.15) is 37.8 Å². The van der Waals surface area contributed by atoms with Gasteiger partial charge in [-0.05, 0) is 130 Å². The molecule has 0 amide bonds. The Morgan fingerprint density at radius 2 is 1.12 bits per heavy atom. The molecular formula is C61H45N3. The highest BCUT2D eigenvalue weighted by Gasteiger charge is 2.35. The predicted octanol–water partition coefficient (Wildman–Crippen LogP) is 16.4. The molecule has 0 radical (unpaired) electrons. The van der Waals surface area contributed by atoms with Gasteiger partial charge in [0.1, 0.15) is 0 Å². The van der Waals surface area contributed by atoms with Crippen molar-refractivity contribution in [3.8, 4) is 33.6 Å². The van der Waals surface area contributed by atoms with E-state index in [9.17, 15) is 0 Å². The summed E-state index contributed by atoms with van der Waals surface area (Å²) in [6.45, 7) is 4.74. The molecule has 0 atom stereocenters. The predicted molar refractivity (Wildman–Crippen MR) is 271 cm³/mol. The fourth-order valence-electron chi connectivity index (χ4n) is 11.0. The van der Waals surface area contributed by atoms with Crippen LogP contribution in [0.15, 0.2) is 218 Å². The molecule has 2 aromatic heterocycles. The minimum atomic E-state index is -0.0935. The average molecular weight is 820 g/mol. The van der Waals surface area contributed by atoms with Crippen LogP contribution in [0.5, 0.6) is 0 Å². The first-order valence-electron chi connectivity index (χ1n) is 22.6. The van der Waals surface area contributed by atoms with Gasteiger partial charge < -0.3 is 14.0 Å². The molecule has 0 unspecified atom stereocenters. The molecule has 3 nitrogen and oxygen atoms in total. The van der Waals surface area contributed by atoms with Gasteiger partial charge in [0.2, 0.25) is 0 Å². The van der Waals surface area contributed by atoms with Crippen LogP contribution in [0, 0.1) is 0 Å². The van der Waals surface area contributed by atoms with Gasteiger partial charge in [-0.3, -0.25) is 0 Å². The summed E-state index contributed by atoms with van der Waals surface area (Å²) in [4.78, 5) is 2.42. The van der Waals surface area contributed by atoms with Crippen LogP contribution in [-0.4, -0.2) is 9.13 Å². The van der Waals surface area contributed by atoms with Crippen LogP contribution >= 0.6 is 0 Å². The van der Waals surface area contributed by atoms with Crippen molar-refractivity contribution in [3.63, 3.8) is 0 Å². The largest absolute Gasteiger partial charge is 0.311 e. The maximum atomic E-state index is 2.50. The Bertz CT molecular complexity index is 3740. The van der Waals surface area contributed by atoms with E-state index in [1.54, 1.807) is 0 Å². The van der Waals surface area contributed by atoms with Crippen LogP contribution in [0.25, 0.3) is 88.0 Å². The van der Waals surface area contributed by atoms with E-state index in [2.05, 4.69) is 240 Å². The summed E-state index contributed by atoms with van der Waals surface area (Å²) in [5, 5.41) is 7.61. The Morgan fingerprint density at radius 1 is 0.438 bits per heavy atom. The third-order valence-corrected chi connectivity index (χ3v) is 14.1. The quantitative estimate of drug-likeness (QED) is 0.163. The molecule has 3 heteroatoms. The van der Waals surface area contributed by atoms with Gasteiger partial charge in [-0.1, -0.05) is 153 Å². The highest BCUT2D eigenvalue weighted by molar-refractivity contribution is 6.21. The summed E-state index contributed by atoms with van der Waals surface area (Å²) in [5.41, 5.74) is 18.4. The van der Waals surface area contributed by atoms with Crippen LogP contribution in [0.4, 0.5) is 11.4 Å². The summed E-state index contributed by atoms with van der Waals surface area (Å²) in [7, 11) is 0. The summed E-state index contributed by atoms with van der Waals surface area (Å²) >= 11 is 0. The van der Waals surface area contributed by atoms with Gasteiger partial charge in [0.05, 0.1) is 22.1 Å². The van der Waals surface area contributed by atoms with Crippen molar-refractivity contribution in [2.45, 2.75) is 32.1 Å². The van der Waals surface area contributed by atoms with Crippen LogP contribution in [0.3, 0.4) is 0 Å². The molecule has 13 rings (SSSR count). The minimum Gasteiger partial charge on any atom is -0.311 e. The maximum Gasteiger partial charge on any atom is 0.0561 e. The normalized spacial score (nSPS) is 14.1. The molecule has 11 aromatic rings. The number of nitrogens with zero attached hydrogens (tertiary/aromatic N) is 3. The molecule has 0 N–H and O–H groups in total. The van der Waals surface area contributed by atoms with Gasteiger partial charge in [-0.15, -0.1) is 0 Å². The number of fused-ring (bicyclic) bond motifs is 11. The highest BCUT2D eigenvalue weighted by Crippen LogP contribution is 2.50. The fraction of sp³-hybridized carbons (Fsp3) is 0.0820. The van der Waals surface area contributed by atoms with Crippen LogP contribution in [-0.2, 0) is 5.41 Å². The topological polar surface area (TPSA) is 13.1 Å². The summed E-state index contributed by atoms with van der Waals surface area (Å²) < 4.78 is 4.91. The lowest BCUT2D eigenvalue weighted by Crippen LogP contribution is -2.16. The van der Waals surface area contributed by atoms with Crippen molar-refractivity contribution in [3.05, 3.63) is 229 Å². The Labute approximate surface area is 373 Å². The first-order chi connectivity index (χ1) is 31.5. The first-order valence-corrected chi connectivity index (χ1v) is 22.6. The molecule has 0 spiro atoms. The zero-order chi connectivity index (χ0) is 42.5. The van der Waals surface area contributed by atoms with E-state index in [-0.39, 0.29) is 5.41 Å². The minimum absolute atomic E-state index is 0.0935. The molecule has 0 bridgehead atoms. The number of hydrogen-bond acceptors (Lipinski definition) is 1. The third-order valence-electron chi connectivity index (χ3n) is 14.1. The van der Waals surface area contributed by atoms with Crippen LogP contribution < -0.4 is 4.90 Å². The summed E-state index contributed by atoms with van der Waals surface area (Å²) in [5.74, 6) is 0. The maximum absolute atomic E-state index is 2.50. The molecule has 0 saturated carbocycles. The number of anilines is 2. The van der Waals surface area contributed by atoms with Crippen molar-refractivity contribution < 1.29 is 0 Å². The number of aromatic nitrogens is 2. The van der Waals surface area contributed by atoms with E-state index < -0.39 is 0 Å². The molecule has 0 aliphatic heterocycles. The monoisotopic (exact) mass is 819 g/mol. The second-order valence-corrected chi connectivity index (χ2v) is 18.0. The van der Waals surface area contributed by atoms with E-state index in [0.29, 0.717) is 0 Å². The van der Waals surface area contributed by atoms with Crippen LogP contribution in [0.2, 0.25) is 0 Å². The van der Waals surface area contributed by atoms with Gasteiger partial charge in [0.15, 0.2) is 0 Å². The van der Waals surface area contributed by atoms with Crippen molar-refractivity contribution in [1.29, 1.82) is 0 Å². The zero-order valence-corrected chi connectivity index (χ0v) is 36.0. The van der Waals surface area contributed by atoms with Crippen molar-refractivity contribution in [2.75, 3.05) is 4.90 Å². The van der Waals surface area contributed by atoms with E-state index in [1.807, 2.05) is 0 Å². The number of rotatable bonds is 6. The zero-order valence-electron chi connectivity index (χ0n) is 36.0. The van der Waals surface area contributed by atoms with Gasteiger partial charge >= 0.3 is 0 Å². The fourth-order valence-corrected chi connectivity index (χ4v) is 11.0. The molecule has 2 heterocycles. The average Bonchev–Trinajstić information content (AvgIpc) is 3.95. The van der Waals surface area contributed by atoms with E-state index in [1.165, 1.54) is 99.1 Å². The molecule has 0 fully saturated rings. The SMILES string of the molecule is CC1(C)c2ccccc2-c2ccc(-n3c4cc(-c5ccc(N(C6=CCCC=C6)c6ccc7c8ccccc8n(-c8ccccc8)c7c6)cc5)ccc4c4c5ccccc5ccc43)cc21. The van der Waals surface area contributed by atoms with Gasteiger partial charge in [0.25, 0.3) is 0 Å². The van der Waals surface area contributed by atoms with Crippen molar-refractivity contribution in [1.82, 2.24) is 9.13 Å². The van der Waals surface area contributed by atoms with Gasteiger partial charge in [-0.2, -0.15) is 0 Å². The van der Waals surface area contributed by atoms with Crippen molar-refractivity contribution >= 4 is 65.8 Å². The van der Waals surface area contributed by atoms with Gasteiger partial charge in [0, 0.05) is 55.4 Å². The Kier molecular flexibility index (Phi) is 8.08. The standard InChI is InChI=1S/C61H45N3/c1-61(2)54-23-13-11-21-49(54)50-34-31-46(38-55(50)61)64-57-36-28-41-15-9-10-20-48(41)60(57)53-33-27-42(37-58(53)64)40-25-29-45(30-26-40)62(43-16-5-3-6-17-43)47-32-35-52-51-22-12-14-24-56(51)63(59(52)39-47)44-18-7-4-8-19-44/h4-5,7-39H,3,6H2,1-2H3. The summed E-state index contributed by atoms with van der Waals surface area (Å²) in [6.07, 6.45) is 9.03. The first kappa shape index (κ1) is 36.7. The molecule has 2 aliphatic rings. The van der Waals surface area contributed by atoms with E-state index in [4.69, 9.17) is 0 Å². The lowest BCUT2D eigenvalue weighted by molar-refractivity contribution is 0.660. The van der Waals surface area contributed by atoms with Crippen molar-refractivity contribution in [2.24, 2.45) is 0 Å². The molecule has 2 aliphatic carbocycles. The molecule has 9 aromatic carbocycles. The second kappa shape index (κ2) is 14.1. The van der Waals surface area contributed by atoms with E-state index in [0.717, 1.165) is 29.9 Å². The second-order valence-electron chi connectivity index (χ2n) is 18.0. The number of benzene rings is 9. The molecule has 0 saturated heterocycles. The third kappa shape index (κ3) is 5.47. The Morgan fingerprint density at radius 3 is 1.98 bits per heavy atom. The Balaban J connectivity index is 0.952. The lowest BCUT2D eigenvalue weighted by atomic mass is 9.82. The van der Waals surface area contributed by atoms with Gasteiger partial charge in [-0.25, -0.2) is 0 Å². The number of allylic oxidation sites excluding steroid dienone is 3. The molecule has 64 heavy (non-hydrogen) atoms. The molecular weight excluding hydrogens is 775 g/mol. The molecule has 304 valence electrons. The lowest BCUT2D eigenvalue weighted by Gasteiger charge is -2.28. The number of para-hydroxylation sites is 2. The van der Waals surface area contributed by atoms with E-state index >= 15 is 0 Å². The number of hydrogen-bond donors (Lipinski definition) is 0. The smallest absolute Gasteiger partial charge is 0.0561 e. The Hall–Kier alpha value is -7.88.